The SMILES string of the molecule is CC(C)(C)OC(=O)N1CCN(c2ccccc2CN(CCc2ccccc2)S(=O)(=O)c2ccc(/C=C/C(=O)O)cc2)CC1. The zero-order valence-electron chi connectivity index (χ0n) is 24.8. The number of anilines is 1. The molecule has 3 aromatic rings. The number of carbonyl (C=O) groups is 2. The predicted octanol–water partition coefficient (Wildman–Crippen LogP) is 5.28. The van der Waals surface area contributed by atoms with E-state index in [4.69, 9.17) is 9.84 Å². The van der Waals surface area contributed by atoms with Gasteiger partial charge >= 0.3 is 12.1 Å². The van der Waals surface area contributed by atoms with Crippen LogP contribution in [-0.2, 0) is 32.5 Å². The van der Waals surface area contributed by atoms with Gasteiger partial charge in [-0.15, -0.1) is 0 Å². The summed E-state index contributed by atoms with van der Waals surface area (Å²) < 4.78 is 35.0. The summed E-state index contributed by atoms with van der Waals surface area (Å²) in [6.07, 6.45) is 2.64. The molecular formula is C33H39N3O6S. The number of benzene rings is 3. The lowest BCUT2D eigenvalue weighted by Gasteiger charge is -2.38. The van der Waals surface area contributed by atoms with E-state index in [1.165, 1.54) is 22.5 Å². The van der Waals surface area contributed by atoms with E-state index in [0.29, 0.717) is 38.2 Å². The van der Waals surface area contributed by atoms with Gasteiger partial charge < -0.3 is 19.6 Å². The standard InChI is InChI=1S/C33H39N3O6S/c1-33(2,3)42-32(39)35-23-21-34(22-24-35)30-12-8-7-11-28(30)25-36(20-19-26-9-5-4-6-10-26)43(40,41)29-16-13-27(14-17-29)15-18-31(37)38/h4-18H,19-25H2,1-3H3,(H,37,38)/b18-15+. The smallest absolute Gasteiger partial charge is 0.410 e. The van der Waals surface area contributed by atoms with Crippen LogP contribution in [0.3, 0.4) is 0 Å². The number of carboxylic acids is 1. The molecule has 0 aliphatic carbocycles. The summed E-state index contributed by atoms with van der Waals surface area (Å²) in [5.74, 6) is -1.08. The molecule has 0 bridgehead atoms. The topological polar surface area (TPSA) is 107 Å². The van der Waals surface area contributed by atoms with Crippen LogP contribution in [0.2, 0.25) is 0 Å². The zero-order chi connectivity index (χ0) is 31.0. The number of hydrogen-bond acceptors (Lipinski definition) is 6. The van der Waals surface area contributed by atoms with Crippen LogP contribution in [0.4, 0.5) is 10.5 Å². The Balaban J connectivity index is 1.56. The first-order valence-electron chi connectivity index (χ1n) is 14.3. The van der Waals surface area contributed by atoms with Crippen molar-refractivity contribution in [3.63, 3.8) is 0 Å². The molecule has 0 saturated carbocycles. The fourth-order valence-electron chi connectivity index (χ4n) is 4.85. The number of para-hydroxylation sites is 1. The molecule has 1 N–H and O–H groups in total. The summed E-state index contributed by atoms with van der Waals surface area (Å²) in [4.78, 5) is 27.5. The number of piperazine rings is 1. The first-order valence-corrected chi connectivity index (χ1v) is 15.7. The van der Waals surface area contributed by atoms with Crippen molar-refractivity contribution in [2.75, 3.05) is 37.6 Å². The van der Waals surface area contributed by atoms with E-state index in [1.807, 2.05) is 75.4 Å². The average Bonchev–Trinajstić information content (AvgIpc) is 2.98. The van der Waals surface area contributed by atoms with Gasteiger partial charge in [0.05, 0.1) is 4.90 Å². The summed E-state index contributed by atoms with van der Waals surface area (Å²) in [5, 5.41) is 8.90. The lowest BCUT2D eigenvalue weighted by Crippen LogP contribution is -2.50. The molecule has 43 heavy (non-hydrogen) atoms. The number of hydrogen-bond donors (Lipinski definition) is 1. The molecule has 10 heteroatoms. The fraction of sp³-hybridized carbons (Fsp3) is 0.333. The van der Waals surface area contributed by atoms with Crippen molar-refractivity contribution in [2.45, 2.75) is 44.2 Å². The van der Waals surface area contributed by atoms with Gasteiger partial charge in [0, 0.05) is 51.0 Å². The summed E-state index contributed by atoms with van der Waals surface area (Å²) in [6, 6.07) is 23.7. The van der Waals surface area contributed by atoms with Crippen LogP contribution in [0.1, 0.15) is 37.5 Å². The molecular weight excluding hydrogens is 566 g/mol. The highest BCUT2D eigenvalue weighted by Gasteiger charge is 2.29. The average molecular weight is 606 g/mol. The third-order valence-electron chi connectivity index (χ3n) is 7.04. The van der Waals surface area contributed by atoms with E-state index in [9.17, 15) is 18.0 Å². The van der Waals surface area contributed by atoms with Crippen LogP contribution >= 0.6 is 0 Å². The zero-order valence-corrected chi connectivity index (χ0v) is 25.7. The van der Waals surface area contributed by atoms with E-state index in [1.54, 1.807) is 17.0 Å². The summed E-state index contributed by atoms with van der Waals surface area (Å²) in [6.45, 7) is 8.17. The van der Waals surface area contributed by atoms with Gasteiger partial charge in [0.15, 0.2) is 0 Å². The Bertz CT molecular complexity index is 1520. The quantitative estimate of drug-likeness (QED) is 0.314. The summed E-state index contributed by atoms with van der Waals surface area (Å²) in [5.41, 5.74) is 2.85. The van der Waals surface area contributed by atoms with Crippen LogP contribution in [-0.4, -0.2) is 73.1 Å². The van der Waals surface area contributed by atoms with Gasteiger partial charge in [-0.2, -0.15) is 4.31 Å². The number of sulfonamides is 1. The third-order valence-corrected chi connectivity index (χ3v) is 8.90. The van der Waals surface area contributed by atoms with Crippen LogP contribution in [0, 0.1) is 0 Å². The second-order valence-corrected chi connectivity index (χ2v) is 13.3. The highest BCUT2D eigenvalue weighted by Crippen LogP contribution is 2.27. The number of nitrogens with zero attached hydrogens (tertiary/aromatic N) is 3. The highest BCUT2D eigenvalue weighted by molar-refractivity contribution is 7.89. The first kappa shape index (κ1) is 31.8. The number of amides is 1. The molecule has 3 aromatic carbocycles. The Morgan fingerprint density at radius 1 is 0.907 bits per heavy atom. The molecule has 4 rings (SSSR count). The number of aliphatic carboxylic acids is 1. The molecule has 0 radical (unpaired) electrons. The van der Waals surface area contributed by atoms with Crippen molar-refractivity contribution in [1.82, 2.24) is 9.21 Å². The number of carboxylic acid groups (broad SMARTS) is 1. The van der Waals surface area contributed by atoms with Gasteiger partial charge in [-0.25, -0.2) is 18.0 Å². The second kappa shape index (κ2) is 13.9. The Labute approximate surface area is 254 Å². The molecule has 1 aliphatic rings. The second-order valence-electron chi connectivity index (χ2n) is 11.4. The van der Waals surface area contributed by atoms with Gasteiger partial charge in [0.1, 0.15) is 5.60 Å². The minimum Gasteiger partial charge on any atom is -0.478 e. The summed E-state index contributed by atoms with van der Waals surface area (Å²) >= 11 is 0. The first-order chi connectivity index (χ1) is 20.4. The Kier molecular flexibility index (Phi) is 10.3. The van der Waals surface area contributed by atoms with Gasteiger partial charge in [-0.1, -0.05) is 60.7 Å². The normalized spacial score (nSPS) is 14.3. The monoisotopic (exact) mass is 605 g/mol. The molecule has 0 aromatic heterocycles. The molecule has 228 valence electrons. The lowest BCUT2D eigenvalue weighted by atomic mass is 10.1. The van der Waals surface area contributed by atoms with Gasteiger partial charge in [0.25, 0.3) is 0 Å². The highest BCUT2D eigenvalue weighted by atomic mass is 32.2. The Hall–Kier alpha value is -4.15. The minimum absolute atomic E-state index is 0.136. The van der Waals surface area contributed by atoms with E-state index in [2.05, 4.69) is 4.90 Å². The molecule has 1 amide bonds. The summed E-state index contributed by atoms with van der Waals surface area (Å²) in [7, 11) is -3.90. The van der Waals surface area contributed by atoms with E-state index < -0.39 is 21.6 Å². The third kappa shape index (κ3) is 8.92. The Morgan fingerprint density at radius 2 is 1.53 bits per heavy atom. The minimum atomic E-state index is -3.90. The molecule has 1 fully saturated rings. The molecule has 0 spiro atoms. The van der Waals surface area contributed by atoms with Crippen molar-refractivity contribution >= 4 is 33.8 Å². The van der Waals surface area contributed by atoms with Crippen molar-refractivity contribution < 1.29 is 27.9 Å². The maximum Gasteiger partial charge on any atom is 0.410 e. The van der Waals surface area contributed by atoms with Crippen LogP contribution in [0.25, 0.3) is 6.08 Å². The fourth-order valence-corrected chi connectivity index (χ4v) is 6.27. The van der Waals surface area contributed by atoms with Gasteiger partial charge in [0.2, 0.25) is 10.0 Å². The van der Waals surface area contributed by atoms with Crippen molar-refractivity contribution in [2.24, 2.45) is 0 Å². The van der Waals surface area contributed by atoms with Crippen molar-refractivity contribution in [3.8, 4) is 0 Å². The molecule has 1 heterocycles. The molecule has 0 atom stereocenters. The van der Waals surface area contributed by atoms with E-state index >= 15 is 0 Å². The van der Waals surface area contributed by atoms with E-state index in [0.717, 1.165) is 22.9 Å². The Morgan fingerprint density at radius 3 is 2.16 bits per heavy atom. The maximum atomic E-state index is 14.0. The molecule has 0 unspecified atom stereocenters. The van der Waals surface area contributed by atoms with Crippen molar-refractivity contribution in [3.05, 3.63) is 102 Å². The molecule has 9 nitrogen and oxygen atoms in total. The largest absolute Gasteiger partial charge is 0.478 e. The van der Waals surface area contributed by atoms with Crippen LogP contribution in [0.5, 0.6) is 0 Å². The number of rotatable bonds is 10. The van der Waals surface area contributed by atoms with Crippen molar-refractivity contribution in [1.29, 1.82) is 0 Å². The number of ether oxygens (including phenoxy) is 1. The van der Waals surface area contributed by atoms with Crippen LogP contribution in [0.15, 0.2) is 89.8 Å². The van der Waals surface area contributed by atoms with Gasteiger partial charge in [-0.05, 0) is 68.2 Å². The van der Waals surface area contributed by atoms with E-state index in [-0.39, 0.29) is 24.1 Å². The number of carbonyl (C=O) groups excluding carboxylic acids is 1. The van der Waals surface area contributed by atoms with Gasteiger partial charge in [-0.3, -0.25) is 0 Å². The van der Waals surface area contributed by atoms with Crippen LogP contribution < -0.4 is 4.90 Å². The molecule has 1 aliphatic heterocycles. The lowest BCUT2D eigenvalue weighted by molar-refractivity contribution is -0.131. The molecule has 1 saturated heterocycles. The maximum absolute atomic E-state index is 14.0. The predicted molar refractivity (Wildman–Crippen MR) is 167 cm³/mol.